The van der Waals surface area contributed by atoms with Crippen LogP contribution in [-0.4, -0.2) is 17.0 Å². The molecule has 1 aromatic rings. The van der Waals surface area contributed by atoms with Crippen molar-refractivity contribution in [2.24, 2.45) is 5.41 Å². The van der Waals surface area contributed by atoms with E-state index < -0.39 is 23.2 Å². The molecule has 0 aliphatic heterocycles. The van der Waals surface area contributed by atoms with E-state index >= 15 is 0 Å². The van der Waals surface area contributed by atoms with E-state index in [9.17, 15) is 19.1 Å². The van der Waals surface area contributed by atoms with Gasteiger partial charge in [-0.3, -0.25) is 9.59 Å². The van der Waals surface area contributed by atoms with E-state index in [4.69, 9.17) is 10.5 Å². The Labute approximate surface area is 110 Å². The van der Waals surface area contributed by atoms with Gasteiger partial charge in [0.25, 0.3) is 0 Å². The molecule has 0 aromatic heterocycles. The van der Waals surface area contributed by atoms with Gasteiger partial charge in [-0.2, -0.15) is 0 Å². The first-order valence-electron chi connectivity index (χ1n) is 5.88. The van der Waals surface area contributed by atoms with Crippen molar-refractivity contribution in [3.63, 3.8) is 0 Å². The average molecular weight is 269 g/mol. The van der Waals surface area contributed by atoms with Crippen LogP contribution in [0.5, 0.6) is 5.75 Å². The van der Waals surface area contributed by atoms with Crippen molar-refractivity contribution in [1.82, 2.24) is 0 Å². The standard InChI is InChI=1S/C13H16FNO4/c1-3-13(4-2,11(16)17)12(18)19-8-5-6-10(15)9(14)7-8/h5-7H,3-4,15H2,1-2H3,(H,16,17). The normalized spacial score (nSPS) is 11.1. The molecule has 104 valence electrons. The summed E-state index contributed by atoms with van der Waals surface area (Å²) in [5.41, 5.74) is 3.61. The molecule has 0 radical (unpaired) electrons. The summed E-state index contributed by atoms with van der Waals surface area (Å²) < 4.78 is 18.2. The summed E-state index contributed by atoms with van der Waals surface area (Å²) in [6, 6.07) is 3.51. The van der Waals surface area contributed by atoms with Gasteiger partial charge in [0.1, 0.15) is 11.6 Å². The number of hydrogen-bond donors (Lipinski definition) is 2. The van der Waals surface area contributed by atoms with Gasteiger partial charge in [-0.1, -0.05) is 13.8 Å². The molecular formula is C13H16FNO4. The van der Waals surface area contributed by atoms with Crippen LogP contribution in [0.15, 0.2) is 18.2 Å². The van der Waals surface area contributed by atoms with E-state index in [1.54, 1.807) is 13.8 Å². The smallest absolute Gasteiger partial charge is 0.328 e. The Morgan fingerprint density at radius 2 is 1.95 bits per heavy atom. The number of aliphatic carboxylic acids is 1. The van der Waals surface area contributed by atoms with Crippen molar-refractivity contribution < 1.29 is 23.8 Å². The summed E-state index contributed by atoms with van der Waals surface area (Å²) in [6.45, 7) is 3.17. The Hall–Kier alpha value is -2.11. The molecule has 0 spiro atoms. The Bertz CT molecular complexity index is 497. The lowest BCUT2D eigenvalue weighted by Crippen LogP contribution is -2.41. The maximum absolute atomic E-state index is 13.2. The van der Waals surface area contributed by atoms with Crippen LogP contribution in [0.3, 0.4) is 0 Å². The van der Waals surface area contributed by atoms with Gasteiger partial charge in [0.2, 0.25) is 0 Å². The molecule has 19 heavy (non-hydrogen) atoms. The van der Waals surface area contributed by atoms with Gasteiger partial charge in [0.15, 0.2) is 5.41 Å². The highest BCUT2D eigenvalue weighted by molar-refractivity contribution is 5.99. The van der Waals surface area contributed by atoms with Gasteiger partial charge in [-0.25, -0.2) is 4.39 Å². The molecule has 5 nitrogen and oxygen atoms in total. The highest BCUT2D eigenvalue weighted by atomic mass is 19.1. The zero-order valence-corrected chi connectivity index (χ0v) is 10.8. The molecule has 0 aliphatic rings. The second-order valence-electron chi connectivity index (χ2n) is 4.17. The number of hydrogen-bond acceptors (Lipinski definition) is 4. The molecule has 3 N–H and O–H groups in total. The Balaban J connectivity index is 3.00. The lowest BCUT2D eigenvalue weighted by molar-refractivity contribution is -0.163. The number of nitrogen functional groups attached to an aromatic ring is 1. The van der Waals surface area contributed by atoms with Crippen molar-refractivity contribution in [3.8, 4) is 5.75 Å². The lowest BCUT2D eigenvalue weighted by Gasteiger charge is -2.24. The maximum atomic E-state index is 13.2. The predicted octanol–water partition coefficient (Wildman–Crippen LogP) is 2.20. The fourth-order valence-electron chi connectivity index (χ4n) is 1.70. The maximum Gasteiger partial charge on any atom is 0.328 e. The Morgan fingerprint density at radius 1 is 1.37 bits per heavy atom. The van der Waals surface area contributed by atoms with E-state index in [0.29, 0.717) is 0 Å². The van der Waals surface area contributed by atoms with Gasteiger partial charge < -0.3 is 15.6 Å². The predicted molar refractivity (Wildman–Crippen MR) is 67.1 cm³/mol. The summed E-state index contributed by atoms with van der Waals surface area (Å²) in [6.07, 6.45) is 0.185. The number of rotatable bonds is 5. The first kappa shape index (κ1) is 14.9. The zero-order chi connectivity index (χ0) is 14.6. The largest absolute Gasteiger partial charge is 0.480 e. The zero-order valence-electron chi connectivity index (χ0n) is 10.8. The number of carbonyl (C=O) groups is 2. The van der Waals surface area contributed by atoms with Crippen molar-refractivity contribution in [3.05, 3.63) is 24.0 Å². The van der Waals surface area contributed by atoms with Crippen LogP contribution in [0.2, 0.25) is 0 Å². The highest BCUT2D eigenvalue weighted by Gasteiger charge is 2.44. The van der Waals surface area contributed by atoms with Gasteiger partial charge in [-0.15, -0.1) is 0 Å². The van der Waals surface area contributed by atoms with E-state index in [1.165, 1.54) is 12.1 Å². The van der Waals surface area contributed by atoms with Crippen LogP contribution in [0.4, 0.5) is 10.1 Å². The number of ether oxygens (including phenoxy) is 1. The van der Waals surface area contributed by atoms with Gasteiger partial charge in [0.05, 0.1) is 5.69 Å². The number of nitrogens with two attached hydrogens (primary N) is 1. The van der Waals surface area contributed by atoms with Crippen LogP contribution >= 0.6 is 0 Å². The molecule has 0 unspecified atom stereocenters. The SMILES string of the molecule is CCC(CC)(C(=O)O)C(=O)Oc1ccc(N)c(F)c1. The summed E-state index contributed by atoms with van der Waals surface area (Å²) >= 11 is 0. The van der Waals surface area contributed by atoms with E-state index in [1.807, 2.05) is 0 Å². The number of benzene rings is 1. The molecule has 0 saturated heterocycles. The third kappa shape index (κ3) is 2.83. The number of anilines is 1. The average Bonchev–Trinajstić information content (AvgIpc) is 2.35. The molecule has 0 aliphatic carbocycles. The van der Waals surface area contributed by atoms with E-state index in [0.717, 1.165) is 6.07 Å². The molecule has 0 bridgehead atoms. The Kier molecular flexibility index (Phi) is 4.47. The number of esters is 1. The summed E-state index contributed by atoms with van der Waals surface area (Å²) in [5.74, 6) is -2.95. The van der Waals surface area contributed by atoms with Crippen molar-refractivity contribution in [2.75, 3.05) is 5.73 Å². The number of carbonyl (C=O) groups excluding carboxylic acids is 1. The van der Waals surface area contributed by atoms with Crippen molar-refractivity contribution in [1.29, 1.82) is 0 Å². The van der Waals surface area contributed by atoms with Gasteiger partial charge in [0, 0.05) is 6.07 Å². The van der Waals surface area contributed by atoms with Gasteiger partial charge >= 0.3 is 11.9 Å². The quantitative estimate of drug-likeness (QED) is 0.370. The monoisotopic (exact) mass is 269 g/mol. The minimum atomic E-state index is -1.61. The molecule has 1 rings (SSSR count). The minimum absolute atomic E-state index is 0.0655. The highest BCUT2D eigenvalue weighted by Crippen LogP contribution is 2.30. The molecular weight excluding hydrogens is 253 g/mol. The Morgan fingerprint density at radius 3 is 2.37 bits per heavy atom. The number of halogens is 1. The van der Waals surface area contributed by atoms with Crippen molar-refractivity contribution >= 4 is 17.6 Å². The third-order valence-corrected chi connectivity index (χ3v) is 3.19. The fraction of sp³-hybridized carbons (Fsp3) is 0.385. The van der Waals surface area contributed by atoms with E-state index in [-0.39, 0.29) is 24.3 Å². The van der Waals surface area contributed by atoms with Crippen LogP contribution in [0.25, 0.3) is 0 Å². The summed E-state index contributed by atoms with van der Waals surface area (Å²) in [4.78, 5) is 23.2. The molecule has 0 fully saturated rings. The van der Waals surface area contributed by atoms with Crippen LogP contribution < -0.4 is 10.5 Å². The van der Waals surface area contributed by atoms with E-state index in [2.05, 4.69) is 0 Å². The molecule has 0 atom stereocenters. The second-order valence-corrected chi connectivity index (χ2v) is 4.17. The molecule has 1 aromatic carbocycles. The first-order valence-corrected chi connectivity index (χ1v) is 5.88. The summed E-state index contributed by atoms with van der Waals surface area (Å²) in [5, 5.41) is 9.18. The first-order chi connectivity index (χ1) is 8.87. The third-order valence-electron chi connectivity index (χ3n) is 3.19. The summed E-state index contributed by atoms with van der Waals surface area (Å²) in [7, 11) is 0. The van der Waals surface area contributed by atoms with Crippen molar-refractivity contribution in [2.45, 2.75) is 26.7 Å². The molecule has 0 heterocycles. The molecule has 0 saturated carbocycles. The number of carboxylic acids is 1. The van der Waals surface area contributed by atoms with Crippen LogP contribution in [0, 0.1) is 11.2 Å². The van der Waals surface area contributed by atoms with Crippen LogP contribution in [0.1, 0.15) is 26.7 Å². The second kappa shape index (κ2) is 5.69. The van der Waals surface area contributed by atoms with Gasteiger partial charge in [-0.05, 0) is 25.0 Å². The number of carboxylic acid groups (broad SMARTS) is 1. The molecule has 0 amide bonds. The van der Waals surface area contributed by atoms with Crippen LogP contribution in [-0.2, 0) is 9.59 Å². The molecule has 6 heteroatoms. The topological polar surface area (TPSA) is 89.6 Å². The minimum Gasteiger partial charge on any atom is -0.480 e. The lowest BCUT2D eigenvalue weighted by atomic mass is 9.82. The fourth-order valence-corrected chi connectivity index (χ4v) is 1.70.